The number of halogens is 1. The van der Waals surface area contributed by atoms with Crippen molar-refractivity contribution in [2.24, 2.45) is 0 Å². The Morgan fingerprint density at radius 2 is 1.93 bits per heavy atom. The summed E-state index contributed by atoms with van der Waals surface area (Å²) in [6.45, 7) is 5.44. The predicted octanol–water partition coefficient (Wildman–Crippen LogP) is 2.92. The fraction of sp³-hybridized carbons (Fsp3) is 0.182. The van der Waals surface area contributed by atoms with Crippen molar-refractivity contribution < 1.29 is 9.53 Å². The van der Waals surface area contributed by atoms with E-state index in [-0.39, 0.29) is 29.9 Å². The Bertz CT molecular complexity index is 306. The van der Waals surface area contributed by atoms with E-state index in [2.05, 4.69) is 6.58 Å². The minimum absolute atomic E-state index is 0. The highest BCUT2D eigenvalue weighted by atomic mass is 127. The Balaban J connectivity index is 0.00000169. The lowest BCUT2D eigenvalue weighted by molar-refractivity contribution is -0.140. The van der Waals surface area contributed by atoms with Gasteiger partial charge in [-0.05, 0) is 12.5 Å². The van der Waals surface area contributed by atoms with Gasteiger partial charge in [-0.1, -0.05) is 36.9 Å². The number of rotatable bonds is 3. The van der Waals surface area contributed by atoms with Gasteiger partial charge in [0.1, 0.15) is 6.61 Å². The first-order chi connectivity index (χ1) is 6.20. The molecule has 76 valence electrons. The highest BCUT2D eigenvalue weighted by Crippen LogP contribution is 2.02. The third kappa shape index (κ3) is 4.41. The topological polar surface area (TPSA) is 26.3 Å². The molecule has 0 bridgehead atoms. The summed E-state index contributed by atoms with van der Waals surface area (Å²) in [5.74, 6) is -0.344. The first-order valence-electron chi connectivity index (χ1n) is 4.06. The highest BCUT2D eigenvalue weighted by Gasteiger charge is 2.02. The largest absolute Gasteiger partial charge is 0.457 e. The second-order valence-corrected chi connectivity index (χ2v) is 2.84. The third-order valence-electron chi connectivity index (χ3n) is 1.56. The zero-order chi connectivity index (χ0) is 9.68. The number of esters is 1. The van der Waals surface area contributed by atoms with E-state index in [1.807, 2.05) is 30.3 Å². The molecule has 0 N–H and O–H groups in total. The number of carbonyl (C=O) groups is 1. The van der Waals surface area contributed by atoms with Crippen LogP contribution < -0.4 is 0 Å². The van der Waals surface area contributed by atoms with Gasteiger partial charge >= 0.3 is 5.97 Å². The van der Waals surface area contributed by atoms with Crippen molar-refractivity contribution >= 4 is 29.9 Å². The van der Waals surface area contributed by atoms with Gasteiger partial charge in [0.15, 0.2) is 0 Å². The van der Waals surface area contributed by atoms with E-state index < -0.39 is 0 Å². The fourth-order valence-electron chi connectivity index (χ4n) is 0.846. The normalized spacial score (nSPS) is 8.64. The molecule has 0 radical (unpaired) electrons. The summed E-state index contributed by atoms with van der Waals surface area (Å²) in [5, 5.41) is 0. The Morgan fingerprint density at radius 1 is 1.36 bits per heavy atom. The zero-order valence-corrected chi connectivity index (χ0v) is 10.4. The molecule has 0 saturated heterocycles. The van der Waals surface area contributed by atoms with Crippen molar-refractivity contribution in [2.45, 2.75) is 13.5 Å². The molecular formula is C11H13IO2. The molecule has 0 aliphatic heterocycles. The second-order valence-electron chi connectivity index (χ2n) is 2.84. The van der Waals surface area contributed by atoms with Crippen LogP contribution in [0.3, 0.4) is 0 Å². The summed E-state index contributed by atoms with van der Waals surface area (Å²) in [5.41, 5.74) is 1.41. The van der Waals surface area contributed by atoms with Crippen LogP contribution in [0.2, 0.25) is 0 Å². The minimum Gasteiger partial charge on any atom is -0.457 e. The van der Waals surface area contributed by atoms with Gasteiger partial charge in [-0.3, -0.25) is 0 Å². The van der Waals surface area contributed by atoms with Crippen molar-refractivity contribution in [3.05, 3.63) is 48.0 Å². The Kier molecular flexibility index (Phi) is 6.19. The highest BCUT2D eigenvalue weighted by molar-refractivity contribution is 14.0. The van der Waals surface area contributed by atoms with Gasteiger partial charge in [-0.15, -0.1) is 24.0 Å². The van der Waals surface area contributed by atoms with Crippen LogP contribution in [-0.2, 0) is 16.1 Å². The summed E-state index contributed by atoms with van der Waals surface area (Å²) in [7, 11) is 0. The van der Waals surface area contributed by atoms with E-state index in [4.69, 9.17) is 4.74 Å². The van der Waals surface area contributed by atoms with Crippen molar-refractivity contribution in [3.63, 3.8) is 0 Å². The van der Waals surface area contributed by atoms with Crippen molar-refractivity contribution in [1.29, 1.82) is 0 Å². The van der Waals surface area contributed by atoms with E-state index in [0.717, 1.165) is 5.56 Å². The maximum absolute atomic E-state index is 11.0. The maximum atomic E-state index is 11.0. The number of hydrogen-bond donors (Lipinski definition) is 0. The standard InChI is InChI=1S/C11H12O2.HI/c1-9(2)11(12)13-8-10-6-4-3-5-7-10;/h3-7H,1,8H2,2H3;1H. The van der Waals surface area contributed by atoms with Crippen LogP contribution in [-0.4, -0.2) is 5.97 Å². The average molecular weight is 304 g/mol. The molecule has 0 fully saturated rings. The van der Waals surface area contributed by atoms with Crippen molar-refractivity contribution in [3.8, 4) is 0 Å². The van der Waals surface area contributed by atoms with Gasteiger partial charge in [0.25, 0.3) is 0 Å². The zero-order valence-electron chi connectivity index (χ0n) is 8.03. The van der Waals surface area contributed by atoms with E-state index in [0.29, 0.717) is 12.2 Å². The van der Waals surface area contributed by atoms with Gasteiger partial charge in [0, 0.05) is 5.57 Å². The average Bonchev–Trinajstić information content (AvgIpc) is 2.15. The monoisotopic (exact) mass is 304 g/mol. The molecule has 0 heterocycles. The molecular weight excluding hydrogens is 291 g/mol. The first kappa shape index (κ1) is 13.2. The molecule has 1 aromatic rings. The summed E-state index contributed by atoms with van der Waals surface area (Å²) in [4.78, 5) is 11.0. The molecule has 1 rings (SSSR count). The number of ether oxygens (including phenoxy) is 1. The van der Waals surface area contributed by atoms with Crippen LogP contribution in [0.25, 0.3) is 0 Å². The molecule has 0 atom stereocenters. The van der Waals surface area contributed by atoms with E-state index >= 15 is 0 Å². The van der Waals surface area contributed by atoms with Gasteiger partial charge in [-0.25, -0.2) is 4.79 Å². The van der Waals surface area contributed by atoms with Crippen LogP contribution in [0.1, 0.15) is 12.5 Å². The molecule has 14 heavy (non-hydrogen) atoms. The van der Waals surface area contributed by atoms with Gasteiger partial charge < -0.3 is 4.74 Å². The Labute approximate surface area is 101 Å². The fourth-order valence-corrected chi connectivity index (χ4v) is 0.846. The smallest absolute Gasteiger partial charge is 0.333 e. The lowest BCUT2D eigenvalue weighted by atomic mass is 10.2. The Morgan fingerprint density at radius 3 is 2.43 bits per heavy atom. The molecule has 0 aromatic heterocycles. The van der Waals surface area contributed by atoms with E-state index in [1.165, 1.54) is 0 Å². The SMILES string of the molecule is C=C(C)C(=O)OCc1ccccc1.I. The molecule has 0 aliphatic rings. The third-order valence-corrected chi connectivity index (χ3v) is 1.56. The number of hydrogen-bond acceptors (Lipinski definition) is 2. The molecule has 0 saturated carbocycles. The van der Waals surface area contributed by atoms with Crippen LogP contribution in [0.15, 0.2) is 42.5 Å². The lowest BCUT2D eigenvalue weighted by Gasteiger charge is -2.03. The van der Waals surface area contributed by atoms with E-state index in [9.17, 15) is 4.79 Å². The van der Waals surface area contributed by atoms with Gasteiger partial charge in [-0.2, -0.15) is 0 Å². The molecule has 0 spiro atoms. The van der Waals surface area contributed by atoms with Crippen LogP contribution in [0.5, 0.6) is 0 Å². The molecule has 3 heteroatoms. The Hall–Kier alpha value is -0.840. The van der Waals surface area contributed by atoms with Crippen molar-refractivity contribution in [1.82, 2.24) is 0 Å². The summed E-state index contributed by atoms with van der Waals surface area (Å²) in [6, 6.07) is 9.55. The van der Waals surface area contributed by atoms with Crippen LogP contribution in [0, 0.1) is 0 Å². The van der Waals surface area contributed by atoms with Crippen molar-refractivity contribution in [2.75, 3.05) is 0 Å². The van der Waals surface area contributed by atoms with E-state index in [1.54, 1.807) is 6.92 Å². The molecule has 1 aromatic carbocycles. The first-order valence-corrected chi connectivity index (χ1v) is 4.06. The summed E-state index contributed by atoms with van der Waals surface area (Å²) in [6.07, 6.45) is 0. The molecule has 0 unspecified atom stereocenters. The maximum Gasteiger partial charge on any atom is 0.333 e. The van der Waals surface area contributed by atoms with Gasteiger partial charge in [0.05, 0.1) is 0 Å². The quantitative estimate of drug-likeness (QED) is 0.487. The van der Waals surface area contributed by atoms with Crippen LogP contribution in [0.4, 0.5) is 0 Å². The van der Waals surface area contributed by atoms with Crippen LogP contribution >= 0.6 is 24.0 Å². The molecule has 0 amide bonds. The predicted molar refractivity (Wildman–Crippen MR) is 66.5 cm³/mol. The summed E-state index contributed by atoms with van der Waals surface area (Å²) < 4.78 is 4.95. The molecule has 0 aliphatic carbocycles. The molecule has 2 nitrogen and oxygen atoms in total. The second kappa shape index (κ2) is 6.59. The minimum atomic E-state index is -0.344. The summed E-state index contributed by atoms with van der Waals surface area (Å²) >= 11 is 0. The number of benzene rings is 1. The lowest BCUT2D eigenvalue weighted by Crippen LogP contribution is -2.04. The number of carbonyl (C=O) groups excluding carboxylic acids is 1. The van der Waals surface area contributed by atoms with Gasteiger partial charge in [0.2, 0.25) is 0 Å².